The van der Waals surface area contributed by atoms with E-state index in [1.165, 1.54) is 12.1 Å². The molecule has 0 radical (unpaired) electrons. The third-order valence-electron chi connectivity index (χ3n) is 10.3. The van der Waals surface area contributed by atoms with Gasteiger partial charge >= 0.3 is 11.9 Å². The Kier molecular flexibility index (Phi) is 10.5. The van der Waals surface area contributed by atoms with Crippen LogP contribution in [0.4, 0.5) is 11.4 Å². The fourth-order valence-corrected chi connectivity index (χ4v) is 7.94. The van der Waals surface area contributed by atoms with Crippen LogP contribution in [0.15, 0.2) is 76.0 Å². The average molecular weight is 720 g/mol. The topological polar surface area (TPSA) is 173 Å². The largest absolute Gasteiger partial charge is 0.506 e. The molecule has 0 saturated heterocycles. The highest BCUT2D eigenvalue weighted by molar-refractivity contribution is 7.85. The summed E-state index contributed by atoms with van der Waals surface area (Å²) in [7, 11) is -4.48. The van der Waals surface area contributed by atoms with Crippen LogP contribution in [0.2, 0.25) is 0 Å². The minimum absolute atomic E-state index is 0.0511. The minimum Gasteiger partial charge on any atom is -0.506 e. The van der Waals surface area contributed by atoms with Gasteiger partial charge in [-0.15, -0.1) is 0 Å². The second-order valence-electron chi connectivity index (χ2n) is 14.7. The number of anilines is 1. The first-order valence-electron chi connectivity index (χ1n) is 17.4. The Morgan fingerprint density at radius 2 is 1.49 bits per heavy atom. The van der Waals surface area contributed by atoms with E-state index in [0.717, 1.165) is 35.4 Å². The number of ketones is 1. The number of rotatable bonds is 15. The molecule has 2 aliphatic heterocycles. The van der Waals surface area contributed by atoms with Gasteiger partial charge in [-0.3, -0.25) is 18.9 Å². The fourth-order valence-electron chi connectivity index (χ4n) is 7.44. The van der Waals surface area contributed by atoms with Crippen LogP contribution in [0.3, 0.4) is 0 Å². The van der Waals surface area contributed by atoms with Gasteiger partial charge in [0.05, 0.1) is 21.5 Å². The Labute approximate surface area is 299 Å². The molecule has 0 bridgehead atoms. The van der Waals surface area contributed by atoms with Gasteiger partial charge < -0.3 is 20.2 Å². The van der Waals surface area contributed by atoms with E-state index in [-0.39, 0.29) is 40.4 Å². The number of fused-ring (bicyclic) bond motifs is 2. The second-order valence-corrected chi connectivity index (χ2v) is 16.1. The van der Waals surface area contributed by atoms with E-state index in [1.54, 1.807) is 18.2 Å². The summed E-state index contributed by atoms with van der Waals surface area (Å²) in [5, 5.41) is 29.6. The molecular weight excluding hydrogens is 673 g/mol. The lowest BCUT2D eigenvalue weighted by atomic mass is 9.77. The molecule has 11 nitrogen and oxygen atoms in total. The van der Waals surface area contributed by atoms with Gasteiger partial charge in [0.1, 0.15) is 12.3 Å². The molecule has 0 aromatic heterocycles. The smallest absolute Gasteiger partial charge is 0.303 e. The highest BCUT2D eigenvalue weighted by Crippen LogP contribution is 2.50. The molecule has 0 fully saturated rings. The lowest BCUT2D eigenvalue weighted by molar-refractivity contribution is -0.438. The first-order valence-corrected chi connectivity index (χ1v) is 18.8. The van der Waals surface area contributed by atoms with Gasteiger partial charge in [-0.1, -0.05) is 38.0 Å². The first kappa shape index (κ1) is 37.7. The van der Waals surface area contributed by atoms with Crippen molar-refractivity contribution in [2.75, 3.05) is 18.0 Å². The van der Waals surface area contributed by atoms with E-state index in [9.17, 15) is 32.5 Å². The second kappa shape index (κ2) is 14.2. The van der Waals surface area contributed by atoms with Gasteiger partial charge in [-0.05, 0) is 76.3 Å². The number of benzene rings is 2. The van der Waals surface area contributed by atoms with Crippen LogP contribution in [0, 0.1) is 6.92 Å². The zero-order valence-electron chi connectivity index (χ0n) is 29.8. The van der Waals surface area contributed by atoms with Crippen LogP contribution >= 0.6 is 0 Å². The van der Waals surface area contributed by atoms with Gasteiger partial charge in [0, 0.05) is 60.3 Å². The van der Waals surface area contributed by atoms with E-state index in [0.29, 0.717) is 55.7 Å². The maximum atomic E-state index is 13.9. The summed E-state index contributed by atoms with van der Waals surface area (Å²) < 4.78 is 35.8. The summed E-state index contributed by atoms with van der Waals surface area (Å²) in [6.45, 7) is 11.1. The summed E-state index contributed by atoms with van der Waals surface area (Å²) in [6, 6.07) is 10.6. The number of allylic oxidation sites excluding steroid dienone is 5. The molecule has 272 valence electrons. The number of carboxylic acids is 2. The number of aliphatic hydroxyl groups is 1. The zero-order valence-corrected chi connectivity index (χ0v) is 30.6. The normalized spacial score (nSPS) is 19.2. The van der Waals surface area contributed by atoms with Crippen LogP contribution < -0.4 is 4.90 Å². The van der Waals surface area contributed by atoms with E-state index in [2.05, 4.69) is 30.9 Å². The summed E-state index contributed by atoms with van der Waals surface area (Å²) in [5.41, 5.74) is 5.10. The van der Waals surface area contributed by atoms with Crippen molar-refractivity contribution in [3.8, 4) is 0 Å². The molecule has 51 heavy (non-hydrogen) atoms. The molecule has 3 aliphatic rings. The highest BCUT2D eigenvalue weighted by atomic mass is 32.2. The van der Waals surface area contributed by atoms with Crippen molar-refractivity contribution in [1.82, 2.24) is 0 Å². The van der Waals surface area contributed by atoms with Gasteiger partial charge in [-0.25, -0.2) is 0 Å². The summed E-state index contributed by atoms with van der Waals surface area (Å²) in [6.07, 6.45) is 7.39. The summed E-state index contributed by atoms with van der Waals surface area (Å²) in [4.78, 5) is 37.9. The van der Waals surface area contributed by atoms with Gasteiger partial charge in [0.15, 0.2) is 5.71 Å². The summed E-state index contributed by atoms with van der Waals surface area (Å²) in [5.74, 6) is -2.16. The van der Waals surface area contributed by atoms with Crippen molar-refractivity contribution in [3.63, 3.8) is 0 Å². The quantitative estimate of drug-likeness (QED) is 0.0656. The highest BCUT2D eigenvalue weighted by Gasteiger charge is 2.48. The van der Waals surface area contributed by atoms with E-state index in [4.69, 9.17) is 10.2 Å². The third-order valence-corrected chi connectivity index (χ3v) is 11.2. The van der Waals surface area contributed by atoms with Gasteiger partial charge in [0.25, 0.3) is 10.1 Å². The number of carbonyl (C=O) groups excluding carboxylic acids is 1. The Balaban J connectivity index is 1.52. The molecular formula is C39H47N2O9S+. The standard InChI is InChI=1S/C39H46N2O9S/c1-24-14-16-30-28(20-24)38(2,3)32(40(30)18-10-6-8-12-34(42)43)22-26-36(46)27(37(26)47)23-33-39(4,5)29-21-25(51(48,49)50)15-17-31(29)41(33)19-11-7-9-13-35(44)45/h14-17,20-23H,6-13,18-19H2,1-5H3,(H3-,42,43,44,45,46,47,48,49,50)/p+1. The van der Waals surface area contributed by atoms with E-state index < -0.39 is 32.9 Å². The number of hydrogen-bond donors (Lipinski definition) is 4. The van der Waals surface area contributed by atoms with Crippen LogP contribution in [0.1, 0.15) is 95.8 Å². The first-order chi connectivity index (χ1) is 23.9. The molecule has 12 heteroatoms. The molecule has 5 rings (SSSR count). The Bertz CT molecular complexity index is 2030. The Morgan fingerprint density at radius 1 is 0.843 bits per heavy atom. The zero-order chi connectivity index (χ0) is 37.5. The summed E-state index contributed by atoms with van der Waals surface area (Å²) >= 11 is 0. The fraction of sp³-hybridized carbons (Fsp3) is 0.436. The predicted octanol–water partition coefficient (Wildman–Crippen LogP) is 6.91. The maximum Gasteiger partial charge on any atom is 0.303 e. The molecule has 0 saturated carbocycles. The number of aliphatic carboxylic acids is 2. The number of carbonyl (C=O) groups is 3. The van der Waals surface area contributed by atoms with E-state index in [1.807, 2.05) is 31.4 Å². The SMILES string of the molecule is Cc1ccc2c(c1)C(C)(C)C(=CC1=C(O)C(=CC3=[N+](CCCCCC(=O)O)c4ccc(S(=O)(=O)O)cc4C3(C)C)C1=O)N2CCCCCC(=O)O. The number of aliphatic hydroxyl groups excluding tert-OH is 1. The number of nitrogens with zero attached hydrogens (tertiary/aromatic N) is 2. The van der Waals surface area contributed by atoms with Crippen molar-refractivity contribution in [3.05, 3.63) is 87.8 Å². The molecule has 0 spiro atoms. The van der Waals surface area contributed by atoms with Crippen LogP contribution in [-0.4, -0.2) is 69.4 Å². The monoisotopic (exact) mass is 719 g/mol. The number of aryl methyl sites for hydroxylation is 1. The van der Waals surface area contributed by atoms with Crippen LogP contribution in [0.5, 0.6) is 0 Å². The van der Waals surface area contributed by atoms with Crippen molar-refractivity contribution in [2.24, 2.45) is 0 Å². The van der Waals surface area contributed by atoms with Crippen molar-refractivity contribution < 1.29 is 47.2 Å². The minimum atomic E-state index is -4.48. The molecule has 4 N–H and O–H groups in total. The molecule has 1 aliphatic carbocycles. The molecule has 0 unspecified atom stereocenters. The van der Waals surface area contributed by atoms with Gasteiger partial charge in [-0.2, -0.15) is 13.0 Å². The number of hydrogen-bond acceptors (Lipinski definition) is 7. The lowest BCUT2D eigenvalue weighted by Crippen LogP contribution is -2.32. The maximum absolute atomic E-state index is 13.9. The molecule has 2 aromatic carbocycles. The van der Waals surface area contributed by atoms with Crippen LogP contribution in [-0.2, 0) is 35.3 Å². The van der Waals surface area contributed by atoms with Crippen LogP contribution in [0.25, 0.3) is 0 Å². The number of Topliss-reactive ketones (excluding diaryl/α,β-unsaturated/α-hetero) is 1. The molecule has 0 amide bonds. The molecule has 2 aromatic rings. The predicted molar refractivity (Wildman–Crippen MR) is 194 cm³/mol. The Morgan fingerprint density at radius 3 is 2.10 bits per heavy atom. The van der Waals surface area contributed by atoms with Crippen molar-refractivity contribution >= 4 is 44.9 Å². The molecule has 2 heterocycles. The van der Waals surface area contributed by atoms with Crippen molar-refractivity contribution in [1.29, 1.82) is 0 Å². The third kappa shape index (κ3) is 7.43. The van der Waals surface area contributed by atoms with Crippen molar-refractivity contribution in [2.45, 2.75) is 102 Å². The van der Waals surface area contributed by atoms with Gasteiger partial charge in [0.2, 0.25) is 11.5 Å². The number of unbranched alkanes of at least 4 members (excludes halogenated alkanes) is 4. The lowest BCUT2D eigenvalue weighted by Gasteiger charge is -2.29. The Hall–Kier alpha value is -4.55. The molecule has 0 atom stereocenters. The van der Waals surface area contributed by atoms with E-state index >= 15 is 0 Å². The number of carboxylic acid groups (broad SMARTS) is 2. The average Bonchev–Trinajstić information content (AvgIpc) is 3.38.